The Kier molecular flexibility index (Phi) is 3.88. The summed E-state index contributed by atoms with van der Waals surface area (Å²) >= 11 is 0. The second kappa shape index (κ2) is 6.49. The smallest absolute Gasteiger partial charge is 0.238 e. The second-order valence-electron chi connectivity index (χ2n) is 5.40. The van der Waals surface area contributed by atoms with E-state index in [4.69, 9.17) is 13.3 Å². The molecule has 0 saturated carbocycles. The van der Waals surface area contributed by atoms with E-state index in [2.05, 4.69) is 11.1 Å². The van der Waals surface area contributed by atoms with Gasteiger partial charge in [-0.15, -0.1) is 0 Å². The van der Waals surface area contributed by atoms with Crippen LogP contribution in [0.2, 0.25) is 0 Å². The van der Waals surface area contributed by atoms with Gasteiger partial charge in [-0.2, -0.15) is 5.26 Å². The van der Waals surface area contributed by atoms with Gasteiger partial charge in [0.15, 0.2) is 11.5 Å². The van der Waals surface area contributed by atoms with Crippen molar-refractivity contribution in [3.05, 3.63) is 72.2 Å². The number of furan rings is 3. The van der Waals surface area contributed by atoms with E-state index in [9.17, 15) is 10.4 Å². The highest BCUT2D eigenvalue weighted by atomic mass is 16.4. The van der Waals surface area contributed by atoms with E-state index < -0.39 is 0 Å². The van der Waals surface area contributed by atoms with Crippen LogP contribution in [-0.4, -0.2) is 11.3 Å². The highest BCUT2D eigenvalue weighted by Gasteiger charge is 2.25. The van der Waals surface area contributed by atoms with Crippen LogP contribution in [0.25, 0.3) is 22.8 Å². The standard InChI is InChI=1S/C20H12N2O4/c21-11-15-18(16-3-1-9-24-16)19(17-4-2-10-25-17)26-20(15)22-12-13-5-7-14(23)8-6-13/h1-10,12,23H. The molecule has 0 amide bonds. The largest absolute Gasteiger partial charge is 0.508 e. The van der Waals surface area contributed by atoms with Gasteiger partial charge in [-0.1, -0.05) is 0 Å². The van der Waals surface area contributed by atoms with Gasteiger partial charge in [0.2, 0.25) is 5.88 Å². The molecule has 0 aliphatic carbocycles. The third kappa shape index (κ3) is 2.78. The van der Waals surface area contributed by atoms with Crippen molar-refractivity contribution in [2.45, 2.75) is 0 Å². The van der Waals surface area contributed by atoms with Crippen LogP contribution < -0.4 is 0 Å². The highest BCUT2D eigenvalue weighted by molar-refractivity contribution is 5.87. The Balaban J connectivity index is 1.84. The van der Waals surface area contributed by atoms with E-state index in [0.717, 1.165) is 5.56 Å². The number of nitrogens with zero attached hydrogens (tertiary/aromatic N) is 2. The Morgan fingerprint density at radius 3 is 2.27 bits per heavy atom. The molecule has 4 rings (SSSR count). The van der Waals surface area contributed by atoms with E-state index in [1.807, 2.05) is 0 Å². The van der Waals surface area contributed by atoms with Crippen LogP contribution >= 0.6 is 0 Å². The third-order valence-corrected chi connectivity index (χ3v) is 3.74. The molecule has 0 atom stereocenters. The van der Waals surface area contributed by atoms with Crippen LogP contribution in [0.1, 0.15) is 11.1 Å². The molecule has 3 aromatic heterocycles. The number of nitriles is 1. The highest BCUT2D eigenvalue weighted by Crippen LogP contribution is 2.42. The Bertz CT molecular complexity index is 1080. The Morgan fingerprint density at radius 2 is 1.65 bits per heavy atom. The van der Waals surface area contributed by atoms with Crippen molar-refractivity contribution in [2.24, 2.45) is 4.99 Å². The second-order valence-corrected chi connectivity index (χ2v) is 5.40. The molecule has 0 fully saturated rings. The minimum Gasteiger partial charge on any atom is -0.508 e. The summed E-state index contributed by atoms with van der Waals surface area (Å²) in [6.07, 6.45) is 4.60. The number of rotatable bonds is 4. The summed E-state index contributed by atoms with van der Waals surface area (Å²) in [5.41, 5.74) is 1.49. The Morgan fingerprint density at radius 1 is 0.962 bits per heavy atom. The molecular formula is C20H12N2O4. The molecule has 26 heavy (non-hydrogen) atoms. The number of aliphatic imine (C=N–C) groups is 1. The number of hydrogen-bond acceptors (Lipinski definition) is 6. The predicted molar refractivity (Wildman–Crippen MR) is 94.2 cm³/mol. The molecule has 0 radical (unpaired) electrons. The molecule has 0 unspecified atom stereocenters. The zero-order valence-corrected chi connectivity index (χ0v) is 13.4. The minimum absolute atomic E-state index is 0.151. The Hall–Kier alpha value is -3.98. The topological polar surface area (TPSA) is 95.8 Å². The van der Waals surface area contributed by atoms with Crippen molar-refractivity contribution < 1.29 is 18.4 Å². The van der Waals surface area contributed by atoms with E-state index in [1.54, 1.807) is 54.7 Å². The van der Waals surface area contributed by atoms with Crippen LogP contribution in [-0.2, 0) is 0 Å². The zero-order chi connectivity index (χ0) is 17.9. The average molecular weight is 344 g/mol. The van der Waals surface area contributed by atoms with Crippen molar-refractivity contribution in [1.29, 1.82) is 5.26 Å². The van der Waals surface area contributed by atoms with Crippen LogP contribution in [0.15, 0.2) is 79.3 Å². The predicted octanol–water partition coefficient (Wildman–Crippen LogP) is 5.13. The number of phenols is 1. The molecule has 126 valence electrons. The molecule has 3 heterocycles. The van der Waals surface area contributed by atoms with Crippen LogP contribution in [0, 0.1) is 11.3 Å². The van der Waals surface area contributed by atoms with Gasteiger partial charge in [0.05, 0.1) is 18.1 Å². The van der Waals surface area contributed by atoms with Gasteiger partial charge in [-0.25, -0.2) is 4.99 Å². The monoisotopic (exact) mass is 344 g/mol. The maximum Gasteiger partial charge on any atom is 0.238 e. The van der Waals surface area contributed by atoms with Crippen molar-refractivity contribution in [3.8, 4) is 34.7 Å². The van der Waals surface area contributed by atoms with Crippen LogP contribution in [0.4, 0.5) is 5.88 Å². The van der Waals surface area contributed by atoms with Crippen molar-refractivity contribution >= 4 is 12.1 Å². The first-order chi connectivity index (χ1) is 12.8. The molecular weight excluding hydrogens is 332 g/mol. The molecule has 0 spiro atoms. The third-order valence-electron chi connectivity index (χ3n) is 3.74. The molecule has 1 aromatic carbocycles. The molecule has 0 aliphatic rings. The van der Waals surface area contributed by atoms with Gasteiger partial charge in [0.25, 0.3) is 0 Å². The number of benzene rings is 1. The molecule has 0 saturated heterocycles. The molecule has 6 nitrogen and oxygen atoms in total. The van der Waals surface area contributed by atoms with E-state index in [0.29, 0.717) is 22.8 Å². The summed E-state index contributed by atoms with van der Waals surface area (Å²) in [5.74, 6) is 1.65. The molecule has 6 heteroatoms. The lowest BCUT2D eigenvalue weighted by Gasteiger charge is -1.96. The Labute approximate surface area is 148 Å². The van der Waals surface area contributed by atoms with E-state index >= 15 is 0 Å². The molecule has 0 aliphatic heterocycles. The van der Waals surface area contributed by atoms with Crippen LogP contribution in [0.5, 0.6) is 5.75 Å². The van der Waals surface area contributed by atoms with Gasteiger partial charge in [0.1, 0.15) is 23.1 Å². The number of hydrogen-bond donors (Lipinski definition) is 1. The van der Waals surface area contributed by atoms with Gasteiger partial charge in [-0.05, 0) is 54.1 Å². The lowest BCUT2D eigenvalue weighted by molar-refractivity contribution is 0.475. The SMILES string of the molecule is N#Cc1c(N=Cc2ccc(O)cc2)oc(-c2ccco2)c1-c1ccco1. The fourth-order valence-corrected chi connectivity index (χ4v) is 2.54. The number of phenolic OH excluding ortho intramolecular Hbond substituents is 1. The van der Waals surface area contributed by atoms with E-state index in [-0.39, 0.29) is 17.2 Å². The first kappa shape index (κ1) is 15.5. The maximum atomic E-state index is 9.65. The average Bonchev–Trinajstić information content (AvgIpc) is 3.40. The normalized spacial score (nSPS) is 11.0. The maximum absolute atomic E-state index is 9.65. The lowest BCUT2D eigenvalue weighted by Crippen LogP contribution is -1.81. The van der Waals surface area contributed by atoms with Gasteiger partial charge < -0.3 is 18.4 Å². The summed E-state index contributed by atoms with van der Waals surface area (Å²) in [7, 11) is 0. The molecule has 1 N–H and O–H groups in total. The fraction of sp³-hybridized carbons (Fsp3) is 0. The van der Waals surface area contributed by atoms with Gasteiger partial charge in [-0.3, -0.25) is 0 Å². The molecule has 0 bridgehead atoms. The zero-order valence-electron chi connectivity index (χ0n) is 13.4. The quantitative estimate of drug-likeness (QED) is 0.518. The van der Waals surface area contributed by atoms with Crippen molar-refractivity contribution in [2.75, 3.05) is 0 Å². The van der Waals surface area contributed by atoms with Gasteiger partial charge in [0, 0.05) is 6.21 Å². The summed E-state index contributed by atoms with van der Waals surface area (Å²) in [5, 5.41) is 19.0. The summed E-state index contributed by atoms with van der Waals surface area (Å²) < 4.78 is 16.7. The lowest BCUT2D eigenvalue weighted by atomic mass is 10.1. The summed E-state index contributed by atoms with van der Waals surface area (Å²) in [6.45, 7) is 0. The van der Waals surface area contributed by atoms with E-state index in [1.165, 1.54) is 12.5 Å². The first-order valence-electron chi connectivity index (χ1n) is 7.74. The number of aromatic hydroxyl groups is 1. The fourth-order valence-electron chi connectivity index (χ4n) is 2.54. The summed E-state index contributed by atoms with van der Waals surface area (Å²) in [6, 6.07) is 15.6. The van der Waals surface area contributed by atoms with Crippen LogP contribution in [0.3, 0.4) is 0 Å². The van der Waals surface area contributed by atoms with Gasteiger partial charge >= 0.3 is 0 Å². The minimum atomic E-state index is 0.151. The molecule has 4 aromatic rings. The summed E-state index contributed by atoms with van der Waals surface area (Å²) in [4.78, 5) is 4.30. The first-order valence-corrected chi connectivity index (χ1v) is 7.74. The van der Waals surface area contributed by atoms with Crippen molar-refractivity contribution in [3.63, 3.8) is 0 Å². The van der Waals surface area contributed by atoms with Crippen molar-refractivity contribution in [1.82, 2.24) is 0 Å².